The molecule has 0 unspecified atom stereocenters. The lowest BCUT2D eigenvalue weighted by molar-refractivity contribution is 0.408. The van der Waals surface area contributed by atoms with E-state index in [2.05, 4.69) is 70.9 Å². The molecule has 0 aliphatic heterocycles. The SMILES string of the molecule is CN=C(NCCc1c(C)[nH]c2ccccc12)NCc1ccc(C)cc1OC. The fraction of sp³-hybridized carbons (Fsp3) is 0.318. The number of hydrogen-bond donors (Lipinski definition) is 3. The lowest BCUT2D eigenvalue weighted by atomic mass is 10.1. The molecule has 3 aromatic rings. The number of nitrogens with zero attached hydrogens (tertiary/aromatic N) is 1. The fourth-order valence-electron chi connectivity index (χ4n) is 3.36. The highest BCUT2D eigenvalue weighted by Gasteiger charge is 2.08. The van der Waals surface area contributed by atoms with E-state index in [1.54, 1.807) is 14.2 Å². The molecule has 0 saturated heterocycles. The maximum atomic E-state index is 5.47. The summed E-state index contributed by atoms with van der Waals surface area (Å²) >= 11 is 0. The van der Waals surface area contributed by atoms with Crippen LogP contribution in [0.2, 0.25) is 0 Å². The standard InChI is InChI=1S/C22H28N4O/c1-15-9-10-17(21(13-15)27-4)14-25-22(23-3)24-12-11-18-16(2)26-20-8-6-5-7-19(18)20/h5-10,13,26H,11-12,14H2,1-4H3,(H2,23,24,25). The van der Waals surface area contributed by atoms with E-state index in [0.717, 1.165) is 30.2 Å². The van der Waals surface area contributed by atoms with Gasteiger partial charge in [0.1, 0.15) is 5.75 Å². The lowest BCUT2D eigenvalue weighted by Crippen LogP contribution is -2.38. The van der Waals surface area contributed by atoms with E-state index in [1.165, 1.54) is 27.7 Å². The van der Waals surface area contributed by atoms with Crippen LogP contribution in [0.4, 0.5) is 0 Å². The highest BCUT2D eigenvalue weighted by atomic mass is 16.5. The largest absolute Gasteiger partial charge is 0.496 e. The third-order valence-corrected chi connectivity index (χ3v) is 4.81. The van der Waals surface area contributed by atoms with Crippen LogP contribution in [0.5, 0.6) is 5.75 Å². The minimum absolute atomic E-state index is 0.662. The van der Waals surface area contributed by atoms with Crippen LogP contribution < -0.4 is 15.4 Å². The summed E-state index contributed by atoms with van der Waals surface area (Å²) < 4.78 is 5.47. The number of aryl methyl sites for hydroxylation is 2. The number of nitrogens with one attached hydrogen (secondary N) is 3. The zero-order chi connectivity index (χ0) is 19.2. The number of aromatic nitrogens is 1. The van der Waals surface area contributed by atoms with E-state index in [0.29, 0.717) is 6.54 Å². The quantitative estimate of drug-likeness (QED) is 0.462. The van der Waals surface area contributed by atoms with E-state index >= 15 is 0 Å². The lowest BCUT2D eigenvalue weighted by Gasteiger charge is -2.14. The number of aromatic amines is 1. The Morgan fingerprint density at radius 3 is 2.70 bits per heavy atom. The van der Waals surface area contributed by atoms with E-state index < -0.39 is 0 Å². The normalized spacial score (nSPS) is 11.6. The predicted molar refractivity (Wildman–Crippen MR) is 113 cm³/mol. The van der Waals surface area contributed by atoms with Gasteiger partial charge < -0.3 is 20.4 Å². The molecule has 0 fully saturated rings. The van der Waals surface area contributed by atoms with Gasteiger partial charge in [0.05, 0.1) is 7.11 Å². The van der Waals surface area contributed by atoms with Crippen LogP contribution in [0.1, 0.15) is 22.4 Å². The zero-order valence-corrected chi connectivity index (χ0v) is 16.5. The third-order valence-electron chi connectivity index (χ3n) is 4.81. The molecule has 27 heavy (non-hydrogen) atoms. The van der Waals surface area contributed by atoms with Crippen molar-refractivity contribution in [2.45, 2.75) is 26.8 Å². The van der Waals surface area contributed by atoms with Crippen molar-refractivity contribution in [1.82, 2.24) is 15.6 Å². The number of aliphatic imine (C=N–C) groups is 1. The molecule has 142 valence electrons. The Morgan fingerprint density at radius 2 is 1.93 bits per heavy atom. The van der Waals surface area contributed by atoms with Crippen LogP contribution in [0.3, 0.4) is 0 Å². The van der Waals surface area contributed by atoms with Crippen LogP contribution >= 0.6 is 0 Å². The number of guanidine groups is 1. The first-order valence-corrected chi connectivity index (χ1v) is 9.26. The second kappa shape index (κ2) is 8.62. The summed E-state index contributed by atoms with van der Waals surface area (Å²) in [4.78, 5) is 7.78. The van der Waals surface area contributed by atoms with Crippen LogP contribution in [0, 0.1) is 13.8 Å². The summed E-state index contributed by atoms with van der Waals surface area (Å²) in [5.74, 6) is 1.68. The molecule has 0 bridgehead atoms. The Balaban J connectivity index is 1.57. The molecule has 3 N–H and O–H groups in total. The first-order valence-electron chi connectivity index (χ1n) is 9.26. The van der Waals surface area contributed by atoms with E-state index in [9.17, 15) is 0 Å². The Kier molecular flexibility index (Phi) is 6.01. The molecule has 0 saturated carbocycles. The van der Waals surface area contributed by atoms with Crippen LogP contribution in [0.15, 0.2) is 47.5 Å². The van der Waals surface area contributed by atoms with Crippen molar-refractivity contribution >= 4 is 16.9 Å². The maximum Gasteiger partial charge on any atom is 0.191 e. The number of hydrogen-bond acceptors (Lipinski definition) is 2. The number of ether oxygens (including phenoxy) is 1. The average molecular weight is 364 g/mol. The molecule has 0 aliphatic rings. The molecule has 3 rings (SSSR count). The maximum absolute atomic E-state index is 5.47. The minimum atomic E-state index is 0.662. The van der Waals surface area contributed by atoms with Crippen LogP contribution in [-0.2, 0) is 13.0 Å². The van der Waals surface area contributed by atoms with Crippen molar-refractivity contribution in [1.29, 1.82) is 0 Å². The van der Waals surface area contributed by atoms with Crippen molar-refractivity contribution in [2.24, 2.45) is 4.99 Å². The van der Waals surface area contributed by atoms with E-state index in [-0.39, 0.29) is 0 Å². The summed E-state index contributed by atoms with van der Waals surface area (Å²) in [5.41, 5.74) is 6.07. The van der Waals surface area contributed by atoms with Crippen molar-refractivity contribution in [2.75, 3.05) is 20.7 Å². The molecule has 0 spiro atoms. The summed E-state index contributed by atoms with van der Waals surface area (Å²) in [6, 6.07) is 14.7. The molecule has 0 aliphatic carbocycles. The first kappa shape index (κ1) is 18.8. The van der Waals surface area contributed by atoms with Gasteiger partial charge >= 0.3 is 0 Å². The molecule has 0 radical (unpaired) electrons. The highest BCUT2D eigenvalue weighted by Crippen LogP contribution is 2.22. The number of rotatable bonds is 6. The van der Waals surface area contributed by atoms with Gasteiger partial charge in [0, 0.05) is 42.3 Å². The van der Waals surface area contributed by atoms with Crippen LogP contribution in [0.25, 0.3) is 10.9 Å². The van der Waals surface area contributed by atoms with Gasteiger partial charge in [0.25, 0.3) is 0 Å². The molecule has 5 nitrogen and oxygen atoms in total. The Labute approximate surface area is 160 Å². The molecule has 0 amide bonds. The van der Waals surface area contributed by atoms with Gasteiger partial charge in [-0.05, 0) is 43.5 Å². The van der Waals surface area contributed by atoms with Gasteiger partial charge in [-0.2, -0.15) is 0 Å². The number of para-hydroxylation sites is 1. The molecular weight excluding hydrogens is 336 g/mol. The molecule has 1 heterocycles. The minimum Gasteiger partial charge on any atom is -0.496 e. The monoisotopic (exact) mass is 364 g/mol. The summed E-state index contributed by atoms with van der Waals surface area (Å²) in [6.45, 7) is 5.67. The number of H-pyrrole nitrogens is 1. The van der Waals surface area contributed by atoms with Crippen molar-refractivity contribution in [3.63, 3.8) is 0 Å². The molecule has 5 heteroatoms. The zero-order valence-electron chi connectivity index (χ0n) is 16.5. The first-order chi connectivity index (χ1) is 13.1. The Morgan fingerprint density at radius 1 is 1.11 bits per heavy atom. The molecule has 1 aromatic heterocycles. The van der Waals surface area contributed by atoms with Gasteiger partial charge in [0.15, 0.2) is 5.96 Å². The van der Waals surface area contributed by atoms with Gasteiger partial charge in [-0.25, -0.2) is 0 Å². The van der Waals surface area contributed by atoms with E-state index in [4.69, 9.17) is 4.74 Å². The average Bonchev–Trinajstić information content (AvgIpc) is 3.00. The molecular formula is C22H28N4O. The third kappa shape index (κ3) is 4.42. The smallest absolute Gasteiger partial charge is 0.191 e. The summed E-state index contributed by atoms with van der Waals surface area (Å²) in [6.07, 6.45) is 0.935. The topological polar surface area (TPSA) is 61.4 Å². The Bertz CT molecular complexity index is 943. The van der Waals surface area contributed by atoms with Crippen LogP contribution in [-0.4, -0.2) is 31.6 Å². The van der Waals surface area contributed by atoms with Crippen molar-refractivity contribution in [3.8, 4) is 5.75 Å². The summed E-state index contributed by atoms with van der Waals surface area (Å²) in [5, 5.41) is 8.06. The molecule has 0 atom stereocenters. The molecule has 2 aromatic carbocycles. The fourth-order valence-corrected chi connectivity index (χ4v) is 3.36. The van der Waals surface area contributed by atoms with Gasteiger partial charge in [0.2, 0.25) is 0 Å². The Hall–Kier alpha value is -2.95. The number of benzene rings is 2. The predicted octanol–water partition coefficient (Wildman–Crippen LogP) is 3.70. The van der Waals surface area contributed by atoms with Gasteiger partial charge in [-0.3, -0.25) is 4.99 Å². The van der Waals surface area contributed by atoms with Crippen molar-refractivity contribution < 1.29 is 4.74 Å². The van der Waals surface area contributed by atoms with Crippen molar-refractivity contribution in [3.05, 3.63) is 64.8 Å². The number of fused-ring (bicyclic) bond motifs is 1. The second-order valence-corrected chi connectivity index (χ2v) is 6.69. The number of methoxy groups -OCH3 is 1. The summed E-state index contributed by atoms with van der Waals surface area (Å²) in [7, 11) is 3.49. The van der Waals surface area contributed by atoms with Gasteiger partial charge in [-0.15, -0.1) is 0 Å². The van der Waals surface area contributed by atoms with E-state index in [1.807, 2.05) is 6.07 Å². The van der Waals surface area contributed by atoms with Gasteiger partial charge in [-0.1, -0.05) is 30.3 Å². The highest BCUT2D eigenvalue weighted by molar-refractivity contribution is 5.84. The second-order valence-electron chi connectivity index (χ2n) is 6.69.